The smallest absolute Gasteiger partial charge is 0.288 e. The van der Waals surface area contributed by atoms with Crippen LogP contribution in [0.1, 0.15) is 13.8 Å². The van der Waals surface area contributed by atoms with Crippen molar-refractivity contribution < 1.29 is 18.1 Å². The van der Waals surface area contributed by atoms with E-state index in [1.807, 2.05) is 0 Å². The molecule has 0 spiro atoms. The van der Waals surface area contributed by atoms with Crippen molar-refractivity contribution in [2.24, 2.45) is 5.41 Å². The van der Waals surface area contributed by atoms with E-state index in [0.29, 0.717) is 5.75 Å². The lowest BCUT2D eigenvalue weighted by Gasteiger charge is -2.22. The van der Waals surface area contributed by atoms with Crippen LogP contribution in [-0.2, 0) is 9.05 Å². The molecule has 0 aromatic heterocycles. The topological polar surface area (TPSA) is 86.5 Å². The van der Waals surface area contributed by atoms with Crippen LogP contribution in [0.4, 0.5) is 5.69 Å². The van der Waals surface area contributed by atoms with Gasteiger partial charge in [-0.15, -0.1) is 0 Å². The summed E-state index contributed by atoms with van der Waals surface area (Å²) in [7, 11) is 1.57. The van der Waals surface area contributed by atoms with Crippen LogP contribution in [0.15, 0.2) is 18.2 Å². The molecule has 1 aromatic carbocycles. The Morgan fingerprint density at radius 1 is 1.40 bits per heavy atom. The summed E-state index contributed by atoms with van der Waals surface area (Å²) in [5, 5.41) is 10.6. The van der Waals surface area contributed by atoms with Gasteiger partial charge in [0, 0.05) is 28.2 Å². The van der Waals surface area contributed by atoms with Gasteiger partial charge in [0.2, 0.25) is 9.05 Å². The summed E-state index contributed by atoms with van der Waals surface area (Å²) in [5.41, 5.74) is -0.920. The molecule has 0 N–H and O–H groups in total. The van der Waals surface area contributed by atoms with E-state index in [4.69, 9.17) is 27.0 Å². The van der Waals surface area contributed by atoms with Crippen molar-refractivity contribution in [3.8, 4) is 5.75 Å². The molecule has 0 atom stereocenters. The van der Waals surface area contributed by atoms with Crippen molar-refractivity contribution in [3.05, 3.63) is 33.3 Å². The van der Waals surface area contributed by atoms with Crippen molar-refractivity contribution >= 4 is 37.0 Å². The van der Waals surface area contributed by atoms with Crippen LogP contribution in [0.5, 0.6) is 5.75 Å². The van der Waals surface area contributed by atoms with Crippen LogP contribution in [-0.4, -0.2) is 25.7 Å². The third-order valence-electron chi connectivity index (χ3n) is 2.31. The Bertz CT molecular complexity index is 615. The standard InChI is InChI=1S/C11H13Cl2NO5S/c1-11(2,7-20(13,17)18)6-19-8-3-4-10(14(15)16)9(12)5-8/h3-5H,6-7H2,1-2H3. The Hall–Kier alpha value is -1.05. The highest BCUT2D eigenvalue weighted by Gasteiger charge is 2.26. The highest BCUT2D eigenvalue weighted by molar-refractivity contribution is 8.13. The number of hydrogen-bond donors (Lipinski definition) is 0. The average Bonchev–Trinajstić information content (AvgIpc) is 2.22. The van der Waals surface area contributed by atoms with E-state index in [0.717, 1.165) is 0 Å². The molecule has 0 saturated heterocycles. The molecule has 0 fully saturated rings. The van der Waals surface area contributed by atoms with E-state index in [-0.39, 0.29) is 23.1 Å². The summed E-state index contributed by atoms with van der Waals surface area (Å²) in [4.78, 5) is 10.0. The van der Waals surface area contributed by atoms with Crippen LogP contribution < -0.4 is 4.74 Å². The number of hydrogen-bond acceptors (Lipinski definition) is 5. The molecule has 0 radical (unpaired) electrons. The van der Waals surface area contributed by atoms with Crippen molar-refractivity contribution in [3.63, 3.8) is 0 Å². The highest BCUT2D eigenvalue weighted by atomic mass is 35.7. The second-order valence-corrected chi connectivity index (χ2v) is 8.19. The van der Waals surface area contributed by atoms with Crippen molar-refractivity contribution in [1.82, 2.24) is 0 Å². The molecule has 112 valence electrons. The third-order valence-corrected chi connectivity index (χ3v) is 4.06. The van der Waals surface area contributed by atoms with Gasteiger partial charge < -0.3 is 4.74 Å². The fourth-order valence-corrected chi connectivity index (χ4v) is 3.65. The quantitative estimate of drug-likeness (QED) is 0.450. The molecule has 1 aromatic rings. The van der Waals surface area contributed by atoms with Crippen LogP contribution >= 0.6 is 22.3 Å². The van der Waals surface area contributed by atoms with Gasteiger partial charge in [-0.3, -0.25) is 10.1 Å². The molecule has 0 aliphatic carbocycles. The molecule has 0 aliphatic heterocycles. The maximum Gasteiger partial charge on any atom is 0.288 e. The number of nitro benzene ring substituents is 1. The summed E-state index contributed by atoms with van der Waals surface area (Å²) in [6, 6.07) is 3.93. The second kappa shape index (κ2) is 6.15. The summed E-state index contributed by atoms with van der Waals surface area (Å²) >= 11 is 5.74. The maximum atomic E-state index is 11.0. The van der Waals surface area contributed by atoms with E-state index in [1.165, 1.54) is 18.2 Å². The minimum absolute atomic E-state index is 0.0460. The van der Waals surface area contributed by atoms with E-state index in [9.17, 15) is 18.5 Å². The predicted octanol–water partition coefficient (Wildman–Crippen LogP) is 3.22. The number of nitro groups is 1. The van der Waals surface area contributed by atoms with Crippen molar-refractivity contribution in [1.29, 1.82) is 0 Å². The van der Waals surface area contributed by atoms with Crippen LogP contribution in [0, 0.1) is 15.5 Å². The first-order valence-electron chi connectivity index (χ1n) is 5.49. The Labute approximate surface area is 126 Å². The lowest BCUT2D eigenvalue weighted by atomic mass is 9.98. The molecular weight excluding hydrogens is 329 g/mol. The van der Waals surface area contributed by atoms with Gasteiger partial charge in [0.05, 0.1) is 17.3 Å². The minimum atomic E-state index is -3.64. The van der Waals surface area contributed by atoms with Gasteiger partial charge in [-0.05, 0) is 6.07 Å². The molecule has 0 unspecified atom stereocenters. The van der Waals surface area contributed by atoms with Gasteiger partial charge in [0.15, 0.2) is 0 Å². The lowest BCUT2D eigenvalue weighted by molar-refractivity contribution is -0.384. The number of rotatable bonds is 6. The zero-order chi connectivity index (χ0) is 15.6. The van der Waals surface area contributed by atoms with Gasteiger partial charge in [-0.1, -0.05) is 25.4 Å². The Morgan fingerprint density at radius 3 is 2.45 bits per heavy atom. The first kappa shape index (κ1) is 17.0. The first-order chi connectivity index (χ1) is 9.00. The van der Waals surface area contributed by atoms with Gasteiger partial charge in [0.1, 0.15) is 10.8 Å². The van der Waals surface area contributed by atoms with Crippen molar-refractivity contribution in [2.75, 3.05) is 12.4 Å². The third kappa shape index (κ3) is 5.52. The molecule has 0 aliphatic rings. The van der Waals surface area contributed by atoms with E-state index in [1.54, 1.807) is 13.8 Å². The molecule has 0 amide bonds. The monoisotopic (exact) mass is 341 g/mol. The maximum absolute atomic E-state index is 11.0. The summed E-state index contributed by atoms with van der Waals surface area (Å²) < 4.78 is 27.5. The number of nitrogens with zero attached hydrogens (tertiary/aromatic N) is 1. The zero-order valence-corrected chi connectivity index (χ0v) is 13.1. The van der Waals surface area contributed by atoms with Crippen LogP contribution in [0.25, 0.3) is 0 Å². The molecular formula is C11H13Cl2NO5S. The van der Waals surface area contributed by atoms with Crippen molar-refractivity contribution in [2.45, 2.75) is 13.8 Å². The van der Waals surface area contributed by atoms with Gasteiger partial charge in [-0.25, -0.2) is 8.42 Å². The summed E-state index contributed by atoms with van der Waals surface area (Å²) in [6.45, 7) is 3.44. The number of halogens is 2. The molecule has 9 heteroatoms. The fraction of sp³-hybridized carbons (Fsp3) is 0.455. The first-order valence-corrected chi connectivity index (χ1v) is 8.35. The Morgan fingerprint density at radius 2 is 2.00 bits per heavy atom. The second-order valence-electron chi connectivity index (χ2n) is 5.01. The van der Waals surface area contributed by atoms with Gasteiger partial charge in [-0.2, -0.15) is 0 Å². The SMILES string of the molecule is CC(C)(COc1ccc([N+](=O)[O-])c(Cl)c1)CS(=O)(=O)Cl. The van der Waals surface area contributed by atoms with Crippen LogP contribution in [0.2, 0.25) is 5.02 Å². The van der Waals surface area contributed by atoms with Gasteiger partial charge in [0.25, 0.3) is 5.69 Å². The lowest BCUT2D eigenvalue weighted by Crippen LogP contribution is -2.28. The van der Waals surface area contributed by atoms with E-state index < -0.39 is 19.4 Å². The zero-order valence-electron chi connectivity index (χ0n) is 10.8. The molecule has 0 saturated carbocycles. The van der Waals surface area contributed by atoms with Crippen LogP contribution in [0.3, 0.4) is 0 Å². The van der Waals surface area contributed by atoms with E-state index >= 15 is 0 Å². The molecule has 20 heavy (non-hydrogen) atoms. The number of benzene rings is 1. The normalized spacial score (nSPS) is 12.2. The highest BCUT2D eigenvalue weighted by Crippen LogP contribution is 2.29. The molecule has 1 rings (SSSR count). The minimum Gasteiger partial charge on any atom is -0.493 e. The fourth-order valence-electron chi connectivity index (χ4n) is 1.51. The number of ether oxygens (including phenoxy) is 1. The molecule has 0 bridgehead atoms. The van der Waals surface area contributed by atoms with E-state index in [2.05, 4.69) is 0 Å². The molecule has 6 nitrogen and oxygen atoms in total. The van der Waals surface area contributed by atoms with Gasteiger partial charge >= 0.3 is 0 Å². The largest absolute Gasteiger partial charge is 0.493 e. The Balaban J connectivity index is 2.76. The molecule has 0 heterocycles. The summed E-state index contributed by atoms with van der Waals surface area (Å²) in [5.74, 6) is 0.0723. The summed E-state index contributed by atoms with van der Waals surface area (Å²) in [6.07, 6.45) is 0. The Kier molecular flexibility index (Phi) is 5.23. The predicted molar refractivity (Wildman–Crippen MR) is 77.0 cm³/mol. The average molecular weight is 342 g/mol.